The van der Waals surface area contributed by atoms with E-state index in [1.54, 1.807) is 42.4 Å². The second-order valence-corrected chi connectivity index (χ2v) is 4.54. The van der Waals surface area contributed by atoms with Gasteiger partial charge in [-0.25, -0.2) is 9.67 Å². The molecular formula is C16H15N3O2. The first-order valence-corrected chi connectivity index (χ1v) is 6.57. The number of benzene rings is 1. The Bertz CT molecular complexity index is 708. The monoisotopic (exact) mass is 281 g/mol. The molecule has 2 aromatic heterocycles. The van der Waals surface area contributed by atoms with Gasteiger partial charge in [-0.15, -0.1) is 0 Å². The number of para-hydroxylation sites is 1. The van der Waals surface area contributed by atoms with E-state index in [2.05, 4.69) is 10.1 Å². The van der Waals surface area contributed by atoms with Gasteiger partial charge in [0.1, 0.15) is 6.10 Å². The lowest BCUT2D eigenvalue weighted by atomic mass is 10.1. The Morgan fingerprint density at radius 3 is 2.57 bits per heavy atom. The van der Waals surface area contributed by atoms with Crippen molar-refractivity contribution in [2.75, 3.05) is 7.11 Å². The van der Waals surface area contributed by atoms with E-state index in [1.165, 1.54) is 0 Å². The van der Waals surface area contributed by atoms with E-state index < -0.39 is 6.10 Å². The van der Waals surface area contributed by atoms with Crippen molar-refractivity contribution in [2.24, 2.45) is 0 Å². The fourth-order valence-electron chi connectivity index (χ4n) is 2.15. The molecule has 0 aliphatic carbocycles. The van der Waals surface area contributed by atoms with E-state index >= 15 is 0 Å². The zero-order chi connectivity index (χ0) is 14.7. The average Bonchev–Trinajstić information content (AvgIpc) is 3.04. The van der Waals surface area contributed by atoms with Crippen molar-refractivity contribution >= 4 is 0 Å². The molecule has 0 amide bonds. The number of methoxy groups -OCH3 is 1. The fraction of sp³-hybridized carbons (Fsp3) is 0.125. The van der Waals surface area contributed by atoms with Crippen LogP contribution in [-0.4, -0.2) is 27.0 Å². The van der Waals surface area contributed by atoms with Gasteiger partial charge in [0.2, 0.25) is 5.88 Å². The quantitative estimate of drug-likeness (QED) is 0.797. The molecule has 5 nitrogen and oxygen atoms in total. The van der Waals surface area contributed by atoms with E-state index in [9.17, 15) is 5.11 Å². The number of ether oxygens (including phenoxy) is 1. The Morgan fingerprint density at radius 2 is 1.90 bits per heavy atom. The van der Waals surface area contributed by atoms with Crippen LogP contribution >= 0.6 is 0 Å². The molecule has 3 aromatic rings. The van der Waals surface area contributed by atoms with Crippen molar-refractivity contribution in [1.82, 2.24) is 14.8 Å². The van der Waals surface area contributed by atoms with Gasteiger partial charge in [-0.05, 0) is 24.3 Å². The zero-order valence-electron chi connectivity index (χ0n) is 11.5. The molecule has 0 saturated carbocycles. The number of hydrogen-bond donors (Lipinski definition) is 1. The minimum atomic E-state index is -0.800. The van der Waals surface area contributed by atoms with Crippen LogP contribution in [0.15, 0.2) is 60.9 Å². The number of pyridine rings is 1. The van der Waals surface area contributed by atoms with E-state index in [4.69, 9.17) is 4.74 Å². The summed E-state index contributed by atoms with van der Waals surface area (Å²) in [5, 5.41) is 14.8. The smallest absolute Gasteiger partial charge is 0.212 e. The molecule has 0 spiro atoms. The molecular weight excluding hydrogens is 266 g/mol. The highest BCUT2D eigenvalue weighted by Crippen LogP contribution is 2.24. The molecule has 0 radical (unpaired) electrons. The third-order valence-corrected chi connectivity index (χ3v) is 3.24. The summed E-state index contributed by atoms with van der Waals surface area (Å²) in [6, 6.07) is 15.0. The summed E-state index contributed by atoms with van der Waals surface area (Å²) >= 11 is 0. The second kappa shape index (κ2) is 5.76. The summed E-state index contributed by atoms with van der Waals surface area (Å²) in [6.07, 6.45) is 2.47. The summed E-state index contributed by atoms with van der Waals surface area (Å²) < 4.78 is 6.74. The lowest BCUT2D eigenvalue weighted by Gasteiger charge is -2.13. The van der Waals surface area contributed by atoms with Crippen LogP contribution in [-0.2, 0) is 0 Å². The highest BCUT2D eigenvalue weighted by molar-refractivity contribution is 5.35. The van der Waals surface area contributed by atoms with Crippen LogP contribution in [0.3, 0.4) is 0 Å². The Hall–Kier alpha value is -2.66. The highest BCUT2D eigenvalue weighted by Gasteiger charge is 2.16. The number of hydrogen-bond acceptors (Lipinski definition) is 4. The van der Waals surface area contributed by atoms with Gasteiger partial charge in [-0.1, -0.05) is 18.2 Å². The van der Waals surface area contributed by atoms with Crippen LogP contribution in [0, 0.1) is 0 Å². The van der Waals surface area contributed by atoms with E-state index in [0.29, 0.717) is 17.1 Å². The Labute approximate surface area is 122 Å². The van der Waals surface area contributed by atoms with Gasteiger partial charge >= 0.3 is 0 Å². The summed E-state index contributed by atoms with van der Waals surface area (Å²) in [5.41, 5.74) is 2.28. The average molecular weight is 281 g/mol. The number of nitrogens with zero attached hydrogens (tertiary/aromatic N) is 3. The first-order chi connectivity index (χ1) is 10.3. The number of aromatic nitrogens is 3. The maximum Gasteiger partial charge on any atom is 0.212 e. The molecule has 21 heavy (non-hydrogen) atoms. The first kappa shape index (κ1) is 13.3. The molecule has 1 N–H and O–H groups in total. The predicted molar refractivity (Wildman–Crippen MR) is 78.4 cm³/mol. The van der Waals surface area contributed by atoms with E-state index in [1.807, 2.05) is 30.3 Å². The van der Waals surface area contributed by atoms with Crippen molar-refractivity contribution < 1.29 is 9.84 Å². The van der Waals surface area contributed by atoms with Crippen LogP contribution in [0.5, 0.6) is 5.88 Å². The van der Waals surface area contributed by atoms with Crippen LogP contribution in [0.2, 0.25) is 0 Å². The van der Waals surface area contributed by atoms with Crippen LogP contribution in [0.4, 0.5) is 0 Å². The lowest BCUT2D eigenvalue weighted by molar-refractivity contribution is 0.211. The third kappa shape index (κ3) is 2.64. The fourth-order valence-corrected chi connectivity index (χ4v) is 2.15. The Morgan fingerprint density at radius 1 is 1.10 bits per heavy atom. The van der Waals surface area contributed by atoms with Crippen molar-refractivity contribution in [3.8, 4) is 11.6 Å². The molecule has 0 aliphatic heterocycles. The molecule has 0 aliphatic rings. The number of aliphatic hydroxyl groups is 1. The van der Waals surface area contributed by atoms with Gasteiger partial charge in [-0.3, -0.25) is 0 Å². The number of rotatable bonds is 4. The largest absolute Gasteiger partial charge is 0.481 e. The zero-order valence-corrected chi connectivity index (χ0v) is 11.5. The molecule has 0 bridgehead atoms. The first-order valence-electron chi connectivity index (χ1n) is 6.57. The predicted octanol–water partition coefficient (Wildman–Crippen LogP) is 2.36. The molecule has 1 unspecified atom stereocenters. The molecule has 2 heterocycles. The van der Waals surface area contributed by atoms with Gasteiger partial charge in [0.15, 0.2) is 0 Å². The Balaban J connectivity index is 1.95. The SMILES string of the molecule is COc1ccc(C(O)c2ccnn2-c2ccccc2)cn1. The summed E-state index contributed by atoms with van der Waals surface area (Å²) in [6.45, 7) is 0. The standard InChI is InChI=1S/C16H15N3O2/c1-21-15-8-7-12(11-17-15)16(20)14-9-10-18-19(14)13-5-3-2-4-6-13/h2-11,16,20H,1H3. The molecule has 1 aromatic carbocycles. The van der Waals surface area contributed by atoms with Gasteiger partial charge in [-0.2, -0.15) is 5.10 Å². The lowest BCUT2D eigenvalue weighted by Crippen LogP contribution is -2.08. The normalized spacial score (nSPS) is 12.1. The van der Waals surface area contributed by atoms with Gasteiger partial charge in [0.25, 0.3) is 0 Å². The summed E-state index contributed by atoms with van der Waals surface area (Å²) in [5.74, 6) is 0.516. The number of aliphatic hydroxyl groups excluding tert-OH is 1. The van der Waals surface area contributed by atoms with Crippen LogP contribution in [0.25, 0.3) is 5.69 Å². The van der Waals surface area contributed by atoms with Gasteiger partial charge in [0, 0.05) is 24.0 Å². The van der Waals surface area contributed by atoms with E-state index in [-0.39, 0.29) is 0 Å². The molecule has 106 valence electrons. The topological polar surface area (TPSA) is 60.2 Å². The third-order valence-electron chi connectivity index (χ3n) is 3.24. The maximum atomic E-state index is 10.5. The second-order valence-electron chi connectivity index (χ2n) is 4.54. The summed E-state index contributed by atoms with van der Waals surface area (Å²) in [4.78, 5) is 4.12. The highest BCUT2D eigenvalue weighted by atomic mass is 16.5. The molecule has 5 heteroatoms. The minimum Gasteiger partial charge on any atom is -0.481 e. The molecule has 0 saturated heterocycles. The molecule has 1 atom stereocenters. The van der Waals surface area contributed by atoms with Crippen LogP contribution < -0.4 is 4.74 Å². The Kier molecular flexibility index (Phi) is 3.66. The van der Waals surface area contributed by atoms with Crippen molar-refractivity contribution in [3.63, 3.8) is 0 Å². The maximum absolute atomic E-state index is 10.5. The van der Waals surface area contributed by atoms with Crippen LogP contribution in [0.1, 0.15) is 17.4 Å². The minimum absolute atomic E-state index is 0.516. The molecule has 3 rings (SSSR count). The molecule has 0 fully saturated rings. The van der Waals surface area contributed by atoms with E-state index in [0.717, 1.165) is 5.69 Å². The van der Waals surface area contributed by atoms with Crippen molar-refractivity contribution in [1.29, 1.82) is 0 Å². The van der Waals surface area contributed by atoms with Gasteiger partial charge < -0.3 is 9.84 Å². The summed E-state index contributed by atoms with van der Waals surface area (Å²) in [7, 11) is 1.56. The van der Waals surface area contributed by atoms with Crippen molar-refractivity contribution in [2.45, 2.75) is 6.10 Å². The van der Waals surface area contributed by atoms with Gasteiger partial charge in [0.05, 0.1) is 18.5 Å². The van der Waals surface area contributed by atoms with Crippen molar-refractivity contribution in [3.05, 3.63) is 72.2 Å².